The molecule has 0 aromatic heterocycles. The molecule has 0 radical (unpaired) electrons. The second-order valence-electron chi connectivity index (χ2n) is 4.26. The Morgan fingerprint density at radius 1 is 1.44 bits per heavy atom. The molecule has 0 atom stereocenters. The molecule has 0 heterocycles. The minimum Gasteiger partial charge on any atom is -0.468 e. The number of hydrogen-bond acceptors (Lipinski definition) is 2. The molecule has 0 bridgehead atoms. The van der Waals surface area contributed by atoms with Gasteiger partial charge in [-0.1, -0.05) is 24.3 Å². The van der Waals surface area contributed by atoms with E-state index < -0.39 is 5.41 Å². The van der Waals surface area contributed by atoms with Crippen molar-refractivity contribution in [3.8, 4) is 0 Å². The number of esters is 1. The molecular weight excluding hydrogens is 224 g/mol. The number of halogens is 1. The van der Waals surface area contributed by atoms with Crippen LogP contribution in [0.15, 0.2) is 24.3 Å². The summed E-state index contributed by atoms with van der Waals surface area (Å²) in [4.78, 5) is 11.7. The summed E-state index contributed by atoms with van der Waals surface area (Å²) in [5, 5.41) is 0. The molecule has 16 heavy (non-hydrogen) atoms. The summed E-state index contributed by atoms with van der Waals surface area (Å²) >= 11 is 5.70. The molecule has 0 spiro atoms. The number of rotatable bonds is 4. The maximum absolute atomic E-state index is 11.7. The first-order valence-electron chi connectivity index (χ1n) is 5.26. The number of carbonyl (C=O) groups excluding carboxylic acids is 1. The van der Waals surface area contributed by atoms with Crippen LogP contribution in [0.5, 0.6) is 0 Å². The Morgan fingerprint density at radius 2 is 2.12 bits per heavy atom. The molecule has 1 aromatic rings. The Kier molecular flexibility index (Phi) is 4.36. The largest absolute Gasteiger partial charge is 0.468 e. The van der Waals surface area contributed by atoms with Crippen LogP contribution in [0.1, 0.15) is 25.0 Å². The van der Waals surface area contributed by atoms with E-state index in [1.165, 1.54) is 7.11 Å². The molecule has 0 saturated heterocycles. The fraction of sp³-hybridized carbons (Fsp3) is 0.462. The van der Waals surface area contributed by atoms with Crippen LogP contribution in [0.2, 0.25) is 0 Å². The van der Waals surface area contributed by atoms with E-state index in [1.54, 1.807) is 0 Å². The van der Waals surface area contributed by atoms with Gasteiger partial charge < -0.3 is 4.74 Å². The van der Waals surface area contributed by atoms with Gasteiger partial charge >= 0.3 is 5.97 Å². The number of carbonyl (C=O) groups is 1. The quantitative estimate of drug-likeness (QED) is 0.598. The predicted octanol–water partition coefficient (Wildman–Crippen LogP) is 2.92. The summed E-state index contributed by atoms with van der Waals surface area (Å²) in [6, 6.07) is 7.91. The standard InChI is InChI=1S/C13H17ClO2/c1-13(2,12(15)16-3)11-6-4-5-10(9-11)7-8-14/h4-6,9H,7-8H2,1-3H3. The molecule has 3 heteroatoms. The van der Waals surface area contributed by atoms with Crippen LogP contribution in [0, 0.1) is 0 Å². The van der Waals surface area contributed by atoms with Gasteiger partial charge in [-0.05, 0) is 31.4 Å². The number of alkyl halides is 1. The number of hydrogen-bond donors (Lipinski definition) is 0. The lowest BCUT2D eigenvalue weighted by Gasteiger charge is -2.22. The Bertz CT molecular complexity index is 372. The van der Waals surface area contributed by atoms with E-state index in [0.717, 1.165) is 17.5 Å². The average Bonchev–Trinajstić information content (AvgIpc) is 2.28. The first-order valence-corrected chi connectivity index (χ1v) is 5.79. The van der Waals surface area contributed by atoms with Crippen molar-refractivity contribution >= 4 is 17.6 Å². The van der Waals surface area contributed by atoms with Gasteiger partial charge in [0.2, 0.25) is 0 Å². The molecule has 0 aliphatic heterocycles. The topological polar surface area (TPSA) is 26.3 Å². The third-order valence-corrected chi connectivity index (χ3v) is 2.92. The molecule has 1 rings (SSSR count). The third kappa shape index (κ3) is 2.76. The van der Waals surface area contributed by atoms with Gasteiger partial charge in [0.1, 0.15) is 0 Å². The van der Waals surface area contributed by atoms with Crippen molar-refractivity contribution in [2.45, 2.75) is 25.7 Å². The van der Waals surface area contributed by atoms with Gasteiger partial charge in [-0.15, -0.1) is 11.6 Å². The summed E-state index contributed by atoms with van der Waals surface area (Å²) in [6.45, 7) is 3.72. The molecule has 0 fully saturated rings. The second kappa shape index (κ2) is 5.35. The Morgan fingerprint density at radius 3 is 2.69 bits per heavy atom. The van der Waals surface area contributed by atoms with Gasteiger partial charge in [0.15, 0.2) is 0 Å². The van der Waals surface area contributed by atoms with E-state index in [1.807, 2.05) is 38.1 Å². The zero-order chi connectivity index (χ0) is 12.2. The smallest absolute Gasteiger partial charge is 0.315 e. The predicted molar refractivity (Wildman–Crippen MR) is 65.9 cm³/mol. The van der Waals surface area contributed by atoms with Crippen LogP contribution < -0.4 is 0 Å². The third-order valence-electron chi connectivity index (χ3n) is 2.73. The molecule has 0 amide bonds. The maximum Gasteiger partial charge on any atom is 0.315 e. The van der Waals surface area contributed by atoms with E-state index in [0.29, 0.717) is 5.88 Å². The number of ether oxygens (including phenoxy) is 1. The Hall–Kier alpha value is -1.02. The molecular formula is C13H17ClO2. The van der Waals surface area contributed by atoms with Crippen LogP contribution in [0.4, 0.5) is 0 Å². The molecule has 1 aromatic carbocycles. The zero-order valence-corrected chi connectivity index (χ0v) is 10.7. The van der Waals surface area contributed by atoms with Crippen molar-refractivity contribution in [1.29, 1.82) is 0 Å². The van der Waals surface area contributed by atoms with Gasteiger partial charge in [0, 0.05) is 5.88 Å². The van der Waals surface area contributed by atoms with Crippen LogP contribution in [0.3, 0.4) is 0 Å². The van der Waals surface area contributed by atoms with E-state index >= 15 is 0 Å². The van der Waals surface area contributed by atoms with Crippen LogP contribution in [-0.4, -0.2) is 19.0 Å². The van der Waals surface area contributed by atoms with Crippen molar-refractivity contribution in [1.82, 2.24) is 0 Å². The highest BCUT2D eigenvalue weighted by atomic mass is 35.5. The summed E-state index contributed by atoms with van der Waals surface area (Å²) < 4.78 is 4.80. The number of benzene rings is 1. The summed E-state index contributed by atoms with van der Waals surface area (Å²) in [7, 11) is 1.41. The van der Waals surface area contributed by atoms with Crippen molar-refractivity contribution in [2.75, 3.05) is 13.0 Å². The lowest BCUT2D eigenvalue weighted by Crippen LogP contribution is -2.30. The Balaban J connectivity index is 3.03. The molecule has 0 saturated carbocycles. The molecule has 0 N–H and O–H groups in total. The summed E-state index contributed by atoms with van der Waals surface area (Å²) in [6.07, 6.45) is 0.812. The molecule has 88 valence electrons. The fourth-order valence-electron chi connectivity index (χ4n) is 1.60. The lowest BCUT2D eigenvalue weighted by molar-refractivity contribution is -0.146. The molecule has 0 aliphatic carbocycles. The first-order chi connectivity index (χ1) is 7.52. The summed E-state index contributed by atoms with van der Waals surface area (Å²) in [5.41, 5.74) is 1.49. The highest BCUT2D eigenvalue weighted by Crippen LogP contribution is 2.25. The maximum atomic E-state index is 11.7. The van der Waals surface area contributed by atoms with Crippen LogP contribution >= 0.6 is 11.6 Å². The highest BCUT2D eigenvalue weighted by molar-refractivity contribution is 6.17. The fourth-order valence-corrected chi connectivity index (χ4v) is 1.82. The number of methoxy groups -OCH3 is 1. The Labute approximate surface area is 102 Å². The zero-order valence-electron chi connectivity index (χ0n) is 9.92. The van der Waals surface area contributed by atoms with E-state index in [2.05, 4.69) is 0 Å². The van der Waals surface area contributed by atoms with Gasteiger partial charge in [-0.2, -0.15) is 0 Å². The molecule has 2 nitrogen and oxygen atoms in total. The van der Waals surface area contributed by atoms with Crippen molar-refractivity contribution in [3.05, 3.63) is 35.4 Å². The average molecular weight is 241 g/mol. The van der Waals surface area contributed by atoms with E-state index in [9.17, 15) is 4.79 Å². The van der Waals surface area contributed by atoms with Crippen LogP contribution in [-0.2, 0) is 21.4 Å². The minimum absolute atomic E-state index is 0.226. The van der Waals surface area contributed by atoms with Gasteiger partial charge in [-0.3, -0.25) is 4.79 Å². The second-order valence-corrected chi connectivity index (χ2v) is 4.63. The van der Waals surface area contributed by atoms with E-state index in [4.69, 9.17) is 16.3 Å². The van der Waals surface area contributed by atoms with Crippen molar-refractivity contribution < 1.29 is 9.53 Å². The molecule has 0 unspecified atom stereocenters. The van der Waals surface area contributed by atoms with Crippen molar-refractivity contribution in [2.24, 2.45) is 0 Å². The van der Waals surface area contributed by atoms with Gasteiger partial charge in [0.05, 0.1) is 12.5 Å². The molecule has 0 aliphatic rings. The normalized spacial score (nSPS) is 11.2. The van der Waals surface area contributed by atoms with Gasteiger partial charge in [-0.25, -0.2) is 0 Å². The van der Waals surface area contributed by atoms with Crippen LogP contribution in [0.25, 0.3) is 0 Å². The first kappa shape index (κ1) is 13.0. The van der Waals surface area contributed by atoms with Crippen molar-refractivity contribution in [3.63, 3.8) is 0 Å². The number of aryl methyl sites for hydroxylation is 1. The SMILES string of the molecule is COC(=O)C(C)(C)c1cccc(CCCl)c1. The minimum atomic E-state index is -0.614. The highest BCUT2D eigenvalue weighted by Gasteiger charge is 2.30. The van der Waals surface area contributed by atoms with E-state index in [-0.39, 0.29) is 5.97 Å². The van der Waals surface area contributed by atoms with Gasteiger partial charge in [0.25, 0.3) is 0 Å². The lowest BCUT2D eigenvalue weighted by atomic mass is 9.84. The monoisotopic (exact) mass is 240 g/mol. The summed E-state index contributed by atoms with van der Waals surface area (Å²) in [5.74, 6) is 0.359.